The number of amides is 2. The summed E-state index contributed by atoms with van der Waals surface area (Å²) in [5, 5.41) is 3.12. The summed E-state index contributed by atoms with van der Waals surface area (Å²) in [5.74, 6) is 2.18. The van der Waals surface area contributed by atoms with Gasteiger partial charge in [0.05, 0.1) is 6.04 Å². The number of thioether (sulfide) groups is 1. The van der Waals surface area contributed by atoms with Gasteiger partial charge < -0.3 is 10.2 Å². The summed E-state index contributed by atoms with van der Waals surface area (Å²) in [4.78, 5) is 18.4. The van der Waals surface area contributed by atoms with Gasteiger partial charge in [0.15, 0.2) is 0 Å². The molecular formula is C19H23N3OS. The molecule has 1 aliphatic heterocycles. The van der Waals surface area contributed by atoms with Crippen molar-refractivity contribution in [1.82, 2.24) is 15.2 Å². The average molecular weight is 341 g/mol. The van der Waals surface area contributed by atoms with Crippen LogP contribution in [0.15, 0.2) is 48.8 Å². The number of nitrogens with zero attached hydrogens (tertiary/aromatic N) is 2. The fourth-order valence-electron chi connectivity index (χ4n) is 2.82. The van der Waals surface area contributed by atoms with Crippen LogP contribution >= 0.6 is 11.8 Å². The van der Waals surface area contributed by atoms with E-state index in [0.29, 0.717) is 0 Å². The Kier molecular flexibility index (Phi) is 5.75. The average Bonchev–Trinajstić information content (AvgIpc) is 2.92. The zero-order chi connectivity index (χ0) is 16.8. The van der Waals surface area contributed by atoms with Gasteiger partial charge in [0.1, 0.15) is 0 Å². The lowest BCUT2D eigenvalue weighted by molar-refractivity contribution is 0.198. The van der Waals surface area contributed by atoms with Crippen LogP contribution in [0.25, 0.3) is 11.1 Å². The number of urea groups is 1. The Morgan fingerprint density at radius 2 is 1.79 bits per heavy atom. The van der Waals surface area contributed by atoms with E-state index in [0.717, 1.165) is 47.7 Å². The smallest absolute Gasteiger partial charge is 0.317 e. The lowest BCUT2D eigenvalue weighted by Gasteiger charge is -2.23. The third-order valence-corrected chi connectivity index (χ3v) is 5.32. The Hall–Kier alpha value is -2.01. The minimum Gasteiger partial charge on any atom is -0.331 e. The predicted molar refractivity (Wildman–Crippen MR) is 100 cm³/mol. The Balaban J connectivity index is 1.62. The molecule has 0 aliphatic carbocycles. The number of carbonyl (C=O) groups excluding carboxylic acids is 1. The standard InChI is InChI=1S/C19H23N3OS/c1-15(21-19(23)22-11-2-13-24-14-12-22)16-3-5-17(6-4-16)18-7-9-20-10-8-18/h3-10,15H,2,11-14H2,1H3,(H,21,23). The zero-order valence-electron chi connectivity index (χ0n) is 13.9. The van der Waals surface area contributed by atoms with Gasteiger partial charge in [0.25, 0.3) is 0 Å². The molecule has 0 radical (unpaired) electrons. The number of benzene rings is 1. The van der Waals surface area contributed by atoms with Crippen molar-refractivity contribution in [2.24, 2.45) is 0 Å². The molecule has 1 fully saturated rings. The van der Waals surface area contributed by atoms with Crippen LogP contribution in [0.5, 0.6) is 0 Å². The molecule has 1 N–H and O–H groups in total. The largest absolute Gasteiger partial charge is 0.331 e. The second kappa shape index (κ2) is 8.20. The highest BCUT2D eigenvalue weighted by molar-refractivity contribution is 7.99. The van der Waals surface area contributed by atoms with Gasteiger partial charge in [-0.3, -0.25) is 4.98 Å². The van der Waals surface area contributed by atoms with E-state index in [9.17, 15) is 4.79 Å². The molecule has 1 atom stereocenters. The number of carbonyl (C=O) groups is 1. The van der Waals surface area contributed by atoms with Crippen LogP contribution in [0.2, 0.25) is 0 Å². The van der Waals surface area contributed by atoms with E-state index in [2.05, 4.69) is 34.6 Å². The summed E-state index contributed by atoms with van der Waals surface area (Å²) in [6, 6.07) is 12.4. The molecule has 3 rings (SSSR count). The molecule has 1 unspecified atom stereocenters. The first-order chi connectivity index (χ1) is 11.7. The first-order valence-corrected chi connectivity index (χ1v) is 9.53. The van der Waals surface area contributed by atoms with Crippen LogP contribution < -0.4 is 5.32 Å². The first kappa shape index (κ1) is 16.8. The van der Waals surface area contributed by atoms with Crippen LogP contribution in [0, 0.1) is 0 Å². The molecule has 0 spiro atoms. The summed E-state index contributed by atoms with van der Waals surface area (Å²) >= 11 is 1.93. The van der Waals surface area contributed by atoms with E-state index in [4.69, 9.17) is 0 Å². The van der Waals surface area contributed by atoms with Crippen LogP contribution in [0.3, 0.4) is 0 Å². The van der Waals surface area contributed by atoms with Gasteiger partial charge in [-0.1, -0.05) is 24.3 Å². The molecule has 1 aromatic heterocycles. The number of hydrogen-bond donors (Lipinski definition) is 1. The summed E-state index contributed by atoms with van der Waals surface area (Å²) < 4.78 is 0. The maximum absolute atomic E-state index is 12.4. The van der Waals surface area contributed by atoms with E-state index in [1.807, 2.05) is 35.7 Å². The number of hydrogen-bond acceptors (Lipinski definition) is 3. The van der Waals surface area contributed by atoms with Crippen molar-refractivity contribution in [3.8, 4) is 11.1 Å². The molecule has 24 heavy (non-hydrogen) atoms. The summed E-state index contributed by atoms with van der Waals surface area (Å²) in [7, 11) is 0. The lowest BCUT2D eigenvalue weighted by atomic mass is 10.0. The van der Waals surface area contributed by atoms with Gasteiger partial charge in [-0.05, 0) is 47.9 Å². The van der Waals surface area contributed by atoms with Crippen molar-refractivity contribution in [3.05, 3.63) is 54.4 Å². The van der Waals surface area contributed by atoms with Crippen LogP contribution in [0.4, 0.5) is 4.79 Å². The normalized spacial score (nSPS) is 16.3. The molecule has 2 amide bonds. The zero-order valence-corrected chi connectivity index (χ0v) is 14.8. The maximum atomic E-state index is 12.4. The lowest BCUT2D eigenvalue weighted by Crippen LogP contribution is -2.42. The van der Waals surface area contributed by atoms with Gasteiger partial charge in [-0.15, -0.1) is 0 Å². The molecular weight excluding hydrogens is 318 g/mol. The summed E-state index contributed by atoms with van der Waals surface area (Å²) in [5.41, 5.74) is 3.42. The second-order valence-corrected chi connectivity index (χ2v) is 7.21. The van der Waals surface area contributed by atoms with Crippen molar-refractivity contribution < 1.29 is 4.79 Å². The third kappa shape index (κ3) is 4.29. The number of pyridine rings is 1. The molecule has 2 heterocycles. The van der Waals surface area contributed by atoms with E-state index in [1.165, 1.54) is 0 Å². The molecule has 4 nitrogen and oxygen atoms in total. The van der Waals surface area contributed by atoms with Crippen LogP contribution in [-0.4, -0.2) is 40.5 Å². The number of nitrogens with one attached hydrogen (secondary N) is 1. The van der Waals surface area contributed by atoms with Gasteiger partial charge in [0.2, 0.25) is 0 Å². The second-order valence-electron chi connectivity index (χ2n) is 5.98. The SMILES string of the molecule is CC(NC(=O)N1CCCSCC1)c1ccc(-c2ccncc2)cc1. The van der Waals surface area contributed by atoms with E-state index in [1.54, 1.807) is 12.4 Å². The maximum Gasteiger partial charge on any atom is 0.317 e. The number of aromatic nitrogens is 1. The predicted octanol–water partition coefficient (Wildman–Crippen LogP) is 3.96. The highest BCUT2D eigenvalue weighted by Crippen LogP contribution is 2.21. The van der Waals surface area contributed by atoms with Gasteiger partial charge in [-0.25, -0.2) is 4.79 Å². The van der Waals surface area contributed by atoms with Crippen molar-refractivity contribution in [2.75, 3.05) is 24.6 Å². The molecule has 126 valence electrons. The van der Waals surface area contributed by atoms with E-state index in [-0.39, 0.29) is 12.1 Å². The Bertz CT molecular complexity index is 652. The topological polar surface area (TPSA) is 45.2 Å². The fraction of sp³-hybridized carbons (Fsp3) is 0.368. The van der Waals surface area contributed by atoms with Crippen molar-refractivity contribution in [1.29, 1.82) is 0 Å². The molecule has 2 aromatic rings. The van der Waals surface area contributed by atoms with Crippen molar-refractivity contribution >= 4 is 17.8 Å². The summed E-state index contributed by atoms with van der Waals surface area (Å²) in [6.45, 7) is 3.72. The fourth-order valence-corrected chi connectivity index (χ4v) is 3.70. The van der Waals surface area contributed by atoms with Crippen LogP contribution in [-0.2, 0) is 0 Å². The highest BCUT2D eigenvalue weighted by atomic mass is 32.2. The Morgan fingerprint density at radius 1 is 1.08 bits per heavy atom. The quantitative estimate of drug-likeness (QED) is 0.919. The Labute approximate surface area is 147 Å². The van der Waals surface area contributed by atoms with Crippen molar-refractivity contribution in [3.63, 3.8) is 0 Å². The van der Waals surface area contributed by atoms with Crippen molar-refractivity contribution in [2.45, 2.75) is 19.4 Å². The van der Waals surface area contributed by atoms with E-state index >= 15 is 0 Å². The van der Waals surface area contributed by atoms with Crippen LogP contribution in [0.1, 0.15) is 24.9 Å². The van der Waals surface area contributed by atoms with Gasteiger partial charge in [0, 0.05) is 31.2 Å². The van der Waals surface area contributed by atoms with E-state index < -0.39 is 0 Å². The number of rotatable bonds is 3. The summed E-state index contributed by atoms with van der Waals surface area (Å²) in [6.07, 6.45) is 4.67. The minimum absolute atomic E-state index is 0.0000962. The molecule has 5 heteroatoms. The molecule has 1 aromatic carbocycles. The third-order valence-electron chi connectivity index (χ3n) is 4.27. The highest BCUT2D eigenvalue weighted by Gasteiger charge is 2.17. The minimum atomic E-state index is -0.0000962. The van der Waals surface area contributed by atoms with Gasteiger partial charge in [-0.2, -0.15) is 11.8 Å². The Morgan fingerprint density at radius 3 is 2.54 bits per heavy atom. The molecule has 1 aliphatic rings. The van der Waals surface area contributed by atoms with Gasteiger partial charge >= 0.3 is 6.03 Å². The molecule has 0 bridgehead atoms. The molecule has 0 saturated carbocycles. The monoisotopic (exact) mass is 341 g/mol. The first-order valence-electron chi connectivity index (χ1n) is 8.37. The molecule has 1 saturated heterocycles.